The van der Waals surface area contributed by atoms with Crippen LogP contribution in [0.3, 0.4) is 0 Å². The van der Waals surface area contributed by atoms with Gasteiger partial charge in [0.2, 0.25) is 9.84 Å². The number of sulfone groups is 1. The molecule has 1 amide bonds. The molecule has 0 saturated carbocycles. The second-order valence-corrected chi connectivity index (χ2v) is 14.1. The molecule has 48 heavy (non-hydrogen) atoms. The first-order chi connectivity index (χ1) is 22.9. The number of fused-ring (bicyclic) bond motifs is 1. The highest BCUT2D eigenvalue weighted by Crippen LogP contribution is 2.39. The van der Waals surface area contributed by atoms with Crippen molar-refractivity contribution in [2.45, 2.75) is 74.1 Å². The van der Waals surface area contributed by atoms with Crippen LogP contribution in [0.4, 0.5) is 0 Å². The Hall–Kier alpha value is -4.30. The molecular formula is C34H42N4O8S2. The van der Waals surface area contributed by atoms with E-state index in [0.717, 1.165) is 35.4 Å². The first kappa shape index (κ1) is 36.5. The number of aryl methyl sites for hydroxylation is 3. The smallest absolute Gasteiger partial charge is 0.305 e. The first-order valence-electron chi connectivity index (χ1n) is 15.4. The molecule has 12 nitrogen and oxygen atoms in total. The van der Waals surface area contributed by atoms with Crippen molar-refractivity contribution < 1.29 is 37.0 Å². The molecule has 0 atom stereocenters. The summed E-state index contributed by atoms with van der Waals surface area (Å²) in [5, 5.41) is 3.33. The lowest BCUT2D eigenvalue weighted by atomic mass is 10.1. The fourth-order valence-electron chi connectivity index (χ4n) is 5.47. The Morgan fingerprint density at radius 2 is 1.67 bits per heavy atom. The van der Waals surface area contributed by atoms with E-state index in [0.29, 0.717) is 52.7 Å². The number of nitrogens with zero attached hydrogens (tertiary/aromatic N) is 2. The fraction of sp³-hybridized carbons (Fsp3) is 0.412. The number of H-pyrrole nitrogens is 1. The van der Waals surface area contributed by atoms with E-state index in [1.54, 1.807) is 51.4 Å². The maximum atomic E-state index is 14.3. The molecule has 0 unspecified atom stereocenters. The monoisotopic (exact) mass is 698 g/mol. The van der Waals surface area contributed by atoms with Crippen LogP contribution in [0.2, 0.25) is 0 Å². The van der Waals surface area contributed by atoms with Crippen molar-refractivity contribution >= 4 is 44.5 Å². The summed E-state index contributed by atoms with van der Waals surface area (Å²) in [6, 6.07) is 6.55. The van der Waals surface area contributed by atoms with Crippen LogP contribution in [-0.4, -0.2) is 69.7 Å². The zero-order valence-corrected chi connectivity index (χ0v) is 29.9. The molecule has 0 spiro atoms. The van der Waals surface area contributed by atoms with E-state index in [4.69, 9.17) is 19.2 Å². The Morgan fingerprint density at radius 1 is 0.938 bits per heavy atom. The molecule has 14 heteroatoms. The van der Waals surface area contributed by atoms with Gasteiger partial charge in [-0.05, 0) is 75.9 Å². The fourth-order valence-corrected chi connectivity index (χ4v) is 8.37. The van der Waals surface area contributed by atoms with E-state index in [-0.39, 0.29) is 39.5 Å². The van der Waals surface area contributed by atoms with Gasteiger partial charge in [0.1, 0.15) is 27.7 Å². The van der Waals surface area contributed by atoms with Gasteiger partial charge < -0.3 is 29.2 Å². The molecule has 2 aromatic carbocycles. The number of benzene rings is 2. The van der Waals surface area contributed by atoms with Crippen molar-refractivity contribution in [2.75, 3.05) is 34.5 Å². The van der Waals surface area contributed by atoms with Crippen LogP contribution in [0, 0.1) is 27.7 Å². The summed E-state index contributed by atoms with van der Waals surface area (Å²) >= 11 is 1.41. The third-order valence-electron chi connectivity index (χ3n) is 7.81. The summed E-state index contributed by atoms with van der Waals surface area (Å²) in [6.45, 7) is 7.50. The zero-order chi connectivity index (χ0) is 35.0. The topological polar surface area (TPSA) is 159 Å². The van der Waals surface area contributed by atoms with Gasteiger partial charge in [-0.15, -0.1) is 0 Å². The molecular weight excluding hydrogens is 657 g/mol. The maximum Gasteiger partial charge on any atom is 0.305 e. The number of aromatic amines is 1. The standard InChI is InChI=1S/C34H42N4O8S2/c1-20-15-24(46-18-28(39)35-14-10-8-9-11-29(40)44-6)16-21(2)32(20)48(41,42)33-27(43-5)13-12-25-30(33)38-34(37-25)47-19-26-23(4)31(45-7)22(3)17-36-26/h12-13,15-17H,8-11,14,18-19H2,1-7H3,(H,35,39)(H,37,38). The molecule has 258 valence electrons. The summed E-state index contributed by atoms with van der Waals surface area (Å²) < 4.78 is 50.1. The molecule has 0 aliphatic rings. The van der Waals surface area contributed by atoms with E-state index in [1.807, 2.05) is 13.8 Å². The molecule has 0 saturated heterocycles. The van der Waals surface area contributed by atoms with Gasteiger partial charge in [0, 0.05) is 36.0 Å². The Balaban J connectivity index is 1.50. The van der Waals surface area contributed by atoms with Crippen LogP contribution in [0.25, 0.3) is 11.0 Å². The molecule has 0 aliphatic heterocycles. The summed E-state index contributed by atoms with van der Waals surface area (Å²) in [4.78, 5) is 36.1. The van der Waals surface area contributed by atoms with E-state index >= 15 is 0 Å². The summed E-state index contributed by atoms with van der Waals surface area (Å²) in [5.74, 6) is 1.28. The van der Waals surface area contributed by atoms with Crippen molar-refractivity contribution in [2.24, 2.45) is 0 Å². The minimum atomic E-state index is -4.13. The number of amides is 1. The number of ether oxygens (including phenoxy) is 4. The predicted molar refractivity (Wildman–Crippen MR) is 183 cm³/mol. The van der Waals surface area contributed by atoms with Crippen LogP contribution in [0.5, 0.6) is 17.2 Å². The lowest BCUT2D eigenvalue weighted by Gasteiger charge is -2.16. The lowest BCUT2D eigenvalue weighted by molar-refractivity contribution is -0.140. The largest absolute Gasteiger partial charge is 0.496 e. The van der Waals surface area contributed by atoms with Crippen LogP contribution < -0.4 is 19.5 Å². The maximum absolute atomic E-state index is 14.3. The van der Waals surface area contributed by atoms with Crippen LogP contribution in [-0.2, 0) is 29.9 Å². The number of hydrogen-bond donors (Lipinski definition) is 2. The van der Waals surface area contributed by atoms with E-state index in [1.165, 1.54) is 26.0 Å². The third kappa shape index (κ3) is 8.40. The Kier molecular flexibility index (Phi) is 12.3. The van der Waals surface area contributed by atoms with Gasteiger partial charge in [-0.25, -0.2) is 13.4 Å². The number of carbonyl (C=O) groups excluding carboxylic acids is 2. The SMILES string of the molecule is COC(=O)CCCCCNC(=O)COc1cc(C)c(S(=O)(=O)c2c(OC)ccc3[nH]c(SCc4ncc(C)c(OC)c4C)nc23)c(C)c1. The molecule has 4 aromatic rings. The van der Waals surface area contributed by atoms with Gasteiger partial charge in [0.25, 0.3) is 5.91 Å². The third-order valence-corrected chi connectivity index (χ3v) is 10.8. The van der Waals surface area contributed by atoms with Crippen molar-refractivity contribution in [3.05, 3.63) is 58.4 Å². The Morgan fingerprint density at radius 3 is 2.33 bits per heavy atom. The number of rotatable bonds is 16. The van der Waals surface area contributed by atoms with Crippen molar-refractivity contribution in [1.29, 1.82) is 0 Å². The number of carbonyl (C=O) groups is 2. The molecule has 0 bridgehead atoms. The number of unbranched alkanes of at least 4 members (excludes halogenated alkanes) is 2. The minimum absolute atomic E-state index is 0.0391. The zero-order valence-electron chi connectivity index (χ0n) is 28.3. The average molecular weight is 699 g/mol. The van der Waals surface area contributed by atoms with E-state index in [2.05, 4.69) is 20.0 Å². The highest BCUT2D eigenvalue weighted by Gasteiger charge is 2.30. The average Bonchev–Trinajstić information content (AvgIpc) is 3.47. The van der Waals surface area contributed by atoms with E-state index < -0.39 is 9.84 Å². The molecule has 2 aromatic heterocycles. The number of thioether (sulfide) groups is 1. The second kappa shape index (κ2) is 16.2. The summed E-state index contributed by atoms with van der Waals surface area (Å²) in [5.41, 5.74) is 4.45. The number of pyridine rings is 1. The normalized spacial score (nSPS) is 11.4. The van der Waals surface area contributed by atoms with Crippen LogP contribution in [0.15, 0.2) is 45.4 Å². The van der Waals surface area contributed by atoms with Gasteiger partial charge in [-0.2, -0.15) is 0 Å². The predicted octanol–water partition coefficient (Wildman–Crippen LogP) is 5.56. The number of nitrogens with one attached hydrogen (secondary N) is 2. The second-order valence-electron chi connectivity index (χ2n) is 11.3. The number of esters is 1. The van der Waals surface area contributed by atoms with Gasteiger partial charge in [-0.1, -0.05) is 18.2 Å². The number of methoxy groups -OCH3 is 3. The molecule has 2 heterocycles. The first-order valence-corrected chi connectivity index (χ1v) is 17.9. The highest BCUT2D eigenvalue weighted by atomic mass is 32.2. The van der Waals surface area contributed by atoms with Crippen molar-refractivity contribution in [3.63, 3.8) is 0 Å². The quantitative estimate of drug-likeness (QED) is 0.0857. The van der Waals surface area contributed by atoms with Gasteiger partial charge in [-0.3, -0.25) is 14.6 Å². The van der Waals surface area contributed by atoms with E-state index in [9.17, 15) is 18.0 Å². The highest BCUT2D eigenvalue weighted by molar-refractivity contribution is 7.98. The summed E-state index contributed by atoms with van der Waals surface area (Å²) in [6.07, 6.45) is 4.31. The Bertz CT molecular complexity index is 1880. The molecule has 0 aliphatic carbocycles. The van der Waals surface area contributed by atoms with Gasteiger partial charge in [0.05, 0.1) is 37.4 Å². The van der Waals surface area contributed by atoms with Gasteiger partial charge >= 0.3 is 5.97 Å². The Labute approximate surface area is 285 Å². The van der Waals surface area contributed by atoms with Crippen molar-refractivity contribution in [1.82, 2.24) is 20.3 Å². The van der Waals surface area contributed by atoms with Gasteiger partial charge in [0.15, 0.2) is 11.8 Å². The summed E-state index contributed by atoms with van der Waals surface area (Å²) in [7, 11) is 0.283. The molecule has 0 radical (unpaired) electrons. The molecule has 0 fully saturated rings. The van der Waals surface area contributed by atoms with Crippen LogP contribution >= 0.6 is 11.8 Å². The number of aromatic nitrogens is 3. The minimum Gasteiger partial charge on any atom is -0.496 e. The molecule has 2 N–H and O–H groups in total. The number of hydrogen-bond acceptors (Lipinski definition) is 11. The van der Waals surface area contributed by atoms with Crippen molar-refractivity contribution in [3.8, 4) is 17.2 Å². The molecule has 4 rings (SSSR count). The lowest BCUT2D eigenvalue weighted by Crippen LogP contribution is -2.29. The van der Waals surface area contributed by atoms with Crippen LogP contribution in [0.1, 0.15) is 53.6 Å². The number of imidazole rings is 1.